The van der Waals surface area contributed by atoms with E-state index in [1.54, 1.807) is 11.1 Å². The molecule has 2 N–H and O–H groups in total. The van der Waals surface area contributed by atoms with Crippen LogP contribution in [-0.2, 0) is 4.79 Å². The van der Waals surface area contributed by atoms with Gasteiger partial charge in [-0.3, -0.25) is 4.79 Å². The summed E-state index contributed by atoms with van der Waals surface area (Å²) in [6, 6.07) is 9.25. The van der Waals surface area contributed by atoms with Crippen molar-refractivity contribution in [2.45, 2.75) is 32.4 Å². The summed E-state index contributed by atoms with van der Waals surface area (Å²) in [5, 5.41) is 11.8. The SMILES string of the molecule is CC(=O)N1c2ccc(-c3ccc(N(C)C)nc3)cc2[C@@H](NC(=O)O)C[C@H]1C. The Hall–Kier alpha value is -3.09. The summed E-state index contributed by atoms with van der Waals surface area (Å²) in [6.07, 6.45) is 1.25. The standard InChI is InChI=1S/C20H24N4O3/c1-12-9-17(22-20(26)27)16-10-14(5-7-18(16)24(12)13(2)25)15-6-8-19(21-11-15)23(3)4/h5-8,10-12,17,22H,9H2,1-4H3,(H,26,27)/t12-,17+/m1/s1. The average Bonchev–Trinajstić information content (AvgIpc) is 2.60. The van der Waals surface area contributed by atoms with E-state index in [-0.39, 0.29) is 18.0 Å². The highest BCUT2D eigenvalue weighted by molar-refractivity contribution is 5.94. The van der Waals surface area contributed by atoms with Crippen LogP contribution in [0.1, 0.15) is 31.9 Å². The molecule has 1 aliphatic heterocycles. The lowest BCUT2D eigenvalue weighted by atomic mass is 9.89. The second kappa shape index (κ2) is 7.26. The fourth-order valence-electron chi connectivity index (χ4n) is 3.63. The van der Waals surface area contributed by atoms with Crippen LogP contribution in [0.2, 0.25) is 0 Å². The third-order valence-electron chi connectivity index (χ3n) is 4.86. The highest BCUT2D eigenvalue weighted by Gasteiger charge is 2.33. The van der Waals surface area contributed by atoms with E-state index >= 15 is 0 Å². The molecule has 2 atom stereocenters. The van der Waals surface area contributed by atoms with Crippen molar-refractivity contribution in [1.29, 1.82) is 0 Å². The van der Waals surface area contributed by atoms with Gasteiger partial charge in [0.25, 0.3) is 0 Å². The fourth-order valence-corrected chi connectivity index (χ4v) is 3.63. The van der Waals surface area contributed by atoms with Gasteiger partial charge < -0.3 is 20.2 Å². The number of benzene rings is 1. The van der Waals surface area contributed by atoms with E-state index in [2.05, 4.69) is 10.3 Å². The van der Waals surface area contributed by atoms with Crippen molar-refractivity contribution < 1.29 is 14.7 Å². The zero-order valence-corrected chi connectivity index (χ0v) is 15.9. The first-order valence-corrected chi connectivity index (χ1v) is 8.85. The minimum atomic E-state index is -1.07. The number of carbonyl (C=O) groups excluding carboxylic acids is 1. The molecule has 2 heterocycles. The molecule has 7 nitrogen and oxygen atoms in total. The Kier molecular flexibility index (Phi) is 5.03. The first-order chi connectivity index (χ1) is 12.8. The molecule has 7 heteroatoms. The zero-order chi connectivity index (χ0) is 19.7. The van der Waals surface area contributed by atoms with Crippen LogP contribution in [0.15, 0.2) is 36.5 Å². The van der Waals surface area contributed by atoms with E-state index in [4.69, 9.17) is 0 Å². The Morgan fingerprint density at radius 1 is 1.22 bits per heavy atom. The lowest BCUT2D eigenvalue weighted by Crippen LogP contribution is -2.45. The highest BCUT2D eigenvalue weighted by atomic mass is 16.4. The van der Waals surface area contributed by atoms with Crippen molar-refractivity contribution in [2.24, 2.45) is 0 Å². The molecular weight excluding hydrogens is 344 g/mol. The van der Waals surface area contributed by atoms with E-state index in [1.807, 2.05) is 56.3 Å². The van der Waals surface area contributed by atoms with Crippen LogP contribution in [0.25, 0.3) is 11.1 Å². The number of fused-ring (bicyclic) bond motifs is 1. The number of nitrogens with one attached hydrogen (secondary N) is 1. The van der Waals surface area contributed by atoms with Gasteiger partial charge in [-0.05, 0) is 48.7 Å². The number of carbonyl (C=O) groups is 2. The number of hydrogen-bond acceptors (Lipinski definition) is 4. The summed E-state index contributed by atoms with van der Waals surface area (Å²) in [7, 11) is 3.86. The van der Waals surface area contributed by atoms with Gasteiger partial charge in [0.15, 0.2) is 0 Å². The molecule has 1 aromatic carbocycles. The molecule has 0 spiro atoms. The van der Waals surface area contributed by atoms with Gasteiger partial charge >= 0.3 is 6.09 Å². The van der Waals surface area contributed by atoms with E-state index < -0.39 is 6.09 Å². The van der Waals surface area contributed by atoms with Crippen LogP contribution in [0.3, 0.4) is 0 Å². The molecular formula is C20H24N4O3. The first-order valence-electron chi connectivity index (χ1n) is 8.85. The number of nitrogens with zero attached hydrogens (tertiary/aromatic N) is 3. The van der Waals surface area contributed by atoms with E-state index in [0.717, 1.165) is 28.2 Å². The third kappa shape index (κ3) is 3.72. The van der Waals surface area contributed by atoms with Crippen molar-refractivity contribution in [3.05, 3.63) is 42.1 Å². The predicted molar refractivity (Wildman–Crippen MR) is 105 cm³/mol. The summed E-state index contributed by atoms with van der Waals surface area (Å²) >= 11 is 0. The van der Waals surface area contributed by atoms with E-state index in [0.29, 0.717) is 6.42 Å². The number of rotatable bonds is 3. The molecule has 2 amide bonds. The monoisotopic (exact) mass is 368 g/mol. The molecule has 0 unspecified atom stereocenters. The number of pyridine rings is 1. The maximum Gasteiger partial charge on any atom is 0.405 e. The summed E-state index contributed by atoms with van der Waals surface area (Å²) in [5.74, 6) is 0.806. The number of anilines is 2. The van der Waals surface area contributed by atoms with Gasteiger partial charge in [0.05, 0.1) is 6.04 Å². The van der Waals surface area contributed by atoms with Crippen LogP contribution >= 0.6 is 0 Å². The van der Waals surface area contributed by atoms with Gasteiger partial charge in [0.2, 0.25) is 5.91 Å². The van der Waals surface area contributed by atoms with Crippen molar-refractivity contribution >= 4 is 23.5 Å². The zero-order valence-electron chi connectivity index (χ0n) is 15.9. The molecule has 1 aromatic heterocycles. The Morgan fingerprint density at radius 3 is 2.48 bits per heavy atom. The van der Waals surface area contributed by atoms with Crippen LogP contribution in [0.4, 0.5) is 16.3 Å². The molecule has 0 aliphatic carbocycles. The molecule has 2 aromatic rings. The number of hydrogen-bond donors (Lipinski definition) is 2. The molecule has 142 valence electrons. The quantitative estimate of drug-likeness (QED) is 0.868. The molecule has 27 heavy (non-hydrogen) atoms. The molecule has 0 fully saturated rings. The molecule has 0 saturated carbocycles. The Morgan fingerprint density at radius 2 is 1.93 bits per heavy atom. The second-order valence-electron chi connectivity index (χ2n) is 7.05. The molecule has 1 aliphatic rings. The summed E-state index contributed by atoms with van der Waals surface area (Å²) < 4.78 is 0. The summed E-state index contributed by atoms with van der Waals surface area (Å²) in [4.78, 5) is 31.5. The second-order valence-corrected chi connectivity index (χ2v) is 7.05. The van der Waals surface area contributed by atoms with Crippen molar-refractivity contribution in [1.82, 2.24) is 10.3 Å². The fraction of sp³-hybridized carbons (Fsp3) is 0.350. The first kappa shape index (κ1) is 18.7. The van der Waals surface area contributed by atoms with Crippen molar-refractivity contribution in [3.63, 3.8) is 0 Å². The molecule has 0 saturated heterocycles. The van der Waals surface area contributed by atoms with Gasteiger partial charge in [0.1, 0.15) is 5.82 Å². The number of amides is 2. The van der Waals surface area contributed by atoms with Crippen LogP contribution in [0.5, 0.6) is 0 Å². The van der Waals surface area contributed by atoms with Gasteiger partial charge in [-0.2, -0.15) is 0 Å². The van der Waals surface area contributed by atoms with Crippen LogP contribution < -0.4 is 15.1 Å². The number of carboxylic acid groups (broad SMARTS) is 1. The summed E-state index contributed by atoms with van der Waals surface area (Å²) in [5.41, 5.74) is 3.42. The normalized spacial score (nSPS) is 18.6. The third-order valence-corrected chi connectivity index (χ3v) is 4.86. The molecule has 0 radical (unpaired) electrons. The van der Waals surface area contributed by atoms with Gasteiger partial charge in [-0.15, -0.1) is 0 Å². The maximum atomic E-state index is 12.1. The topological polar surface area (TPSA) is 85.8 Å². The smallest absolute Gasteiger partial charge is 0.405 e. The molecule has 0 bridgehead atoms. The maximum absolute atomic E-state index is 12.1. The van der Waals surface area contributed by atoms with Gasteiger partial charge in [-0.25, -0.2) is 9.78 Å². The lowest BCUT2D eigenvalue weighted by molar-refractivity contribution is -0.117. The van der Waals surface area contributed by atoms with Crippen LogP contribution in [-0.4, -0.2) is 42.2 Å². The van der Waals surface area contributed by atoms with Crippen molar-refractivity contribution in [2.75, 3.05) is 23.9 Å². The number of aromatic nitrogens is 1. The van der Waals surface area contributed by atoms with E-state index in [1.165, 1.54) is 6.92 Å². The molecule has 3 rings (SSSR count). The lowest BCUT2D eigenvalue weighted by Gasteiger charge is -2.39. The van der Waals surface area contributed by atoms with E-state index in [9.17, 15) is 14.7 Å². The average molecular weight is 368 g/mol. The minimum absolute atomic E-state index is 0.0534. The Labute approximate surface area is 158 Å². The highest BCUT2D eigenvalue weighted by Crippen LogP contribution is 2.39. The van der Waals surface area contributed by atoms with Crippen LogP contribution in [0, 0.1) is 0 Å². The van der Waals surface area contributed by atoms with Gasteiger partial charge in [-0.1, -0.05) is 6.07 Å². The van der Waals surface area contributed by atoms with Gasteiger partial charge in [0, 0.05) is 44.5 Å². The van der Waals surface area contributed by atoms with Crippen molar-refractivity contribution in [3.8, 4) is 11.1 Å². The largest absolute Gasteiger partial charge is 0.465 e. The Bertz CT molecular complexity index is 864. The Balaban J connectivity index is 2.05. The predicted octanol–water partition coefficient (Wildman–Crippen LogP) is 3.27. The summed E-state index contributed by atoms with van der Waals surface area (Å²) in [6.45, 7) is 3.46. The minimum Gasteiger partial charge on any atom is -0.465 e.